The van der Waals surface area contributed by atoms with Gasteiger partial charge in [0.05, 0.1) is 24.8 Å². The summed E-state index contributed by atoms with van der Waals surface area (Å²) in [6.45, 7) is 2.13. The Hall–Kier alpha value is -2.73. The molecule has 2 fully saturated rings. The minimum Gasteiger partial charge on any atom is -0.497 e. The molecule has 0 unspecified atom stereocenters. The quantitative estimate of drug-likeness (QED) is 0.492. The van der Waals surface area contributed by atoms with E-state index in [1.54, 1.807) is 14.2 Å². The van der Waals surface area contributed by atoms with Gasteiger partial charge in [-0.25, -0.2) is 4.99 Å². The van der Waals surface area contributed by atoms with Gasteiger partial charge in [-0.2, -0.15) is 0 Å². The Morgan fingerprint density at radius 3 is 2.59 bits per heavy atom. The average Bonchev–Trinajstić information content (AvgIpc) is 3.14. The molecule has 1 saturated heterocycles. The Morgan fingerprint density at radius 2 is 1.88 bits per heavy atom. The number of amides is 1. The molecular weight excluding hydrogens is 420 g/mol. The van der Waals surface area contributed by atoms with Crippen LogP contribution in [0.15, 0.2) is 52.4 Å². The first kappa shape index (κ1) is 22.5. The zero-order valence-corrected chi connectivity index (χ0v) is 19.8. The molecule has 2 aromatic rings. The van der Waals surface area contributed by atoms with E-state index in [0.717, 1.165) is 54.3 Å². The van der Waals surface area contributed by atoms with Crippen LogP contribution in [-0.4, -0.2) is 36.2 Å². The number of para-hydroxylation sites is 1. The van der Waals surface area contributed by atoms with Gasteiger partial charge in [0.15, 0.2) is 5.17 Å². The van der Waals surface area contributed by atoms with Gasteiger partial charge in [-0.3, -0.25) is 9.69 Å². The van der Waals surface area contributed by atoms with Crippen LogP contribution in [0.4, 0.5) is 5.69 Å². The van der Waals surface area contributed by atoms with Crippen molar-refractivity contribution in [2.45, 2.75) is 51.5 Å². The van der Waals surface area contributed by atoms with Crippen molar-refractivity contribution in [2.75, 3.05) is 14.2 Å². The number of ether oxygens (including phenoxy) is 2. The molecule has 1 amide bonds. The molecule has 0 radical (unpaired) electrons. The zero-order chi connectivity index (χ0) is 22.5. The minimum atomic E-state index is 0.0347. The van der Waals surface area contributed by atoms with Crippen LogP contribution in [0.5, 0.6) is 11.5 Å². The fraction of sp³-hybridized carbons (Fsp3) is 0.385. The van der Waals surface area contributed by atoms with Crippen molar-refractivity contribution in [1.29, 1.82) is 0 Å². The van der Waals surface area contributed by atoms with Gasteiger partial charge in [0.2, 0.25) is 0 Å². The molecule has 4 rings (SSSR count). The summed E-state index contributed by atoms with van der Waals surface area (Å²) >= 11 is 1.46. The van der Waals surface area contributed by atoms with Crippen molar-refractivity contribution in [3.8, 4) is 11.5 Å². The molecule has 32 heavy (non-hydrogen) atoms. The Morgan fingerprint density at radius 1 is 1.09 bits per heavy atom. The van der Waals surface area contributed by atoms with Gasteiger partial charge in [-0.05, 0) is 60.9 Å². The number of benzene rings is 2. The van der Waals surface area contributed by atoms with Gasteiger partial charge in [-0.15, -0.1) is 0 Å². The van der Waals surface area contributed by atoms with E-state index >= 15 is 0 Å². The van der Waals surface area contributed by atoms with Crippen LogP contribution in [0.3, 0.4) is 0 Å². The topological polar surface area (TPSA) is 51.1 Å². The summed E-state index contributed by atoms with van der Waals surface area (Å²) in [6.07, 6.45) is 8.42. The molecule has 6 heteroatoms. The van der Waals surface area contributed by atoms with E-state index in [4.69, 9.17) is 14.5 Å². The lowest BCUT2D eigenvalue weighted by atomic mass is 9.94. The number of methoxy groups -OCH3 is 2. The molecule has 0 N–H and O–H groups in total. The van der Waals surface area contributed by atoms with Crippen LogP contribution in [0.25, 0.3) is 6.08 Å². The van der Waals surface area contributed by atoms with Crippen LogP contribution >= 0.6 is 11.8 Å². The number of hydrogen-bond donors (Lipinski definition) is 0. The summed E-state index contributed by atoms with van der Waals surface area (Å²) in [5.74, 6) is 1.43. The number of hydrogen-bond acceptors (Lipinski definition) is 5. The number of amidine groups is 1. The summed E-state index contributed by atoms with van der Waals surface area (Å²) in [7, 11) is 3.26. The zero-order valence-electron chi connectivity index (χ0n) is 19.0. The summed E-state index contributed by atoms with van der Waals surface area (Å²) in [6, 6.07) is 14.0. The van der Waals surface area contributed by atoms with Gasteiger partial charge >= 0.3 is 0 Å². The molecule has 1 heterocycles. The van der Waals surface area contributed by atoms with Crippen molar-refractivity contribution >= 4 is 34.6 Å². The van der Waals surface area contributed by atoms with E-state index in [1.807, 2.05) is 47.4 Å². The third kappa shape index (κ3) is 4.70. The van der Waals surface area contributed by atoms with Crippen molar-refractivity contribution in [2.24, 2.45) is 4.99 Å². The SMILES string of the molecule is CCc1ccccc1N=C1S/C(=C/c2ccc(OC)cc2OC)C(=O)N1C1CCCCC1. The number of carbonyl (C=O) groups is 1. The van der Waals surface area contributed by atoms with E-state index in [9.17, 15) is 4.79 Å². The van der Waals surface area contributed by atoms with E-state index in [-0.39, 0.29) is 11.9 Å². The van der Waals surface area contributed by atoms with E-state index in [1.165, 1.54) is 23.7 Å². The normalized spacial score (nSPS) is 19.7. The highest BCUT2D eigenvalue weighted by Gasteiger charge is 2.38. The summed E-state index contributed by atoms with van der Waals surface area (Å²) in [4.78, 5) is 21.2. The van der Waals surface area contributed by atoms with Crippen LogP contribution in [0.2, 0.25) is 0 Å². The Labute approximate surface area is 194 Å². The first-order valence-corrected chi connectivity index (χ1v) is 12.1. The number of aryl methyl sites for hydroxylation is 1. The lowest BCUT2D eigenvalue weighted by molar-refractivity contribution is -0.124. The number of nitrogens with zero attached hydrogens (tertiary/aromatic N) is 2. The number of carbonyl (C=O) groups excluding carboxylic acids is 1. The van der Waals surface area contributed by atoms with Crippen LogP contribution in [0, 0.1) is 0 Å². The van der Waals surface area contributed by atoms with E-state index in [0.29, 0.717) is 10.7 Å². The third-order valence-corrected chi connectivity index (χ3v) is 7.08. The summed E-state index contributed by atoms with van der Waals surface area (Å²) in [5.41, 5.74) is 2.98. The van der Waals surface area contributed by atoms with Crippen LogP contribution in [-0.2, 0) is 11.2 Å². The lowest BCUT2D eigenvalue weighted by Gasteiger charge is -2.30. The molecule has 2 aliphatic rings. The minimum absolute atomic E-state index is 0.0347. The maximum atomic E-state index is 13.6. The molecule has 1 aliphatic heterocycles. The highest BCUT2D eigenvalue weighted by Crippen LogP contribution is 2.40. The largest absolute Gasteiger partial charge is 0.497 e. The Balaban J connectivity index is 1.74. The maximum absolute atomic E-state index is 13.6. The molecule has 2 aromatic carbocycles. The van der Waals surface area contributed by atoms with Crippen LogP contribution < -0.4 is 9.47 Å². The molecule has 1 saturated carbocycles. The van der Waals surface area contributed by atoms with Crippen molar-refractivity contribution in [1.82, 2.24) is 4.90 Å². The van der Waals surface area contributed by atoms with Gasteiger partial charge in [-0.1, -0.05) is 44.4 Å². The van der Waals surface area contributed by atoms with Gasteiger partial charge in [0, 0.05) is 17.7 Å². The lowest BCUT2D eigenvalue weighted by Crippen LogP contribution is -2.40. The first-order valence-electron chi connectivity index (χ1n) is 11.3. The number of rotatable bonds is 6. The summed E-state index contributed by atoms with van der Waals surface area (Å²) in [5, 5.41) is 0.779. The Bertz CT molecular complexity index is 1040. The smallest absolute Gasteiger partial charge is 0.267 e. The van der Waals surface area contributed by atoms with Crippen LogP contribution in [0.1, 0.15) is 50.2 Å². The second-order valence-electron chi connectivity index (χ2n) is 8.06. The highest BCUT2D eigenvalue weighted by molar-refractivity contribution is 8.18. The molecule has 1 aliphatic carbocycles. The molecular formula is C26H30N2O3S. The fourth-order valence-electron chi connectivity index (χ4n) is 4.33. The molecule has 0 atom stereocenters. The standard InChI is InChI=1S/C26H30N2O3S/c1-4-18-10-8-9-13-22(18)27-26-28(20-11-6-5-7-12-20)25(29)24(32-26)16-19-14-15-21(30-2)17-23(19)31-3/h8-10,13-17,20H,4-7,11-12H2,1-3H3/b24-16+,27-26?. The van der Waals surface area contributed by atoms with Gasteiger partial charge in [0.25, 0.3) is 5.91 Å². The van der Waals surface area contributed by atoms with Gasteiger partial charge < -0.3 is 9.47 Å². The van der Waals surface area contributed by atoms with Gasteiger partial charge in [0.1, 0.15) is 11.5 Å². The first-order chi connectivity index (χ1) is 15.6. The molecule has 0 spiro atoms. The average molecular weight is 451 g/mol. The molecule has 168 valence electrons. The molecule has 5 nitrogen and oxygen atoms in total. The molecule has 0 aromatic heterocycles. The predicted molar refractivity (Wildman–Crippen MR) is 132 cm³/mol. The highest BCUT2D eigenvalue weighted by atomic mass is 32.2. The number of thioether (sulfide) groups is 1. The number of aliphatic imine (C=N–C) groups is 1. The maximum Gasteiger partial charge on any atom is 0.267 e. The van der Waals surface area contributed by atoms with Crippen molar-refractivity contribution in [3.63, 3.8) is 0 Å². The second kappa shape index (κ2) is 10.3. The predicted octanol–water partition coefficient (Wildman–Crippen LogP) is 6.20. The second-order valence-corrected chi connectivity index (χ2v) is 9.07. The van der Waals surface area contributed by atoms with E-state index < -0.39 is 0 Å². The summed E-state index contributed by atoms with van der Waals surface area (Å²) < 4.78 is 10.8. The fourth-order valence-corrected chi connectivity index (χ4v) is 5.37. The Kier molecular flexibility index (Phi) is 7.20. The van der Waals surface area contributed by atoms with E-state index in [2.05, 4.69) is 13.0 Å². The van der Waals surface area contributed by atoms with Crippen molar-refractivity contribution in [3.05, 3.63) is 58.5 Å². The monoisotopic (exact) mass is 450 g/mol. The van der Waals surface area contributed by atoms with Crippen molar-refractivity contribution < 1.29 is 14.3 Å². The third-order valence-electron chi connectivity index (χ3n) is 6.09. The molecule has 0 bridgehead atoms.